The summed E-state index contributed by atoms with van der Waals surface area (Å²) in [5.41, 5.74) is 2.55. The minimum Gasteiger partial charge on any atom is -0.393 e. The van der Waals surface area contributed by atoms with E-state index in [4.69, 9.17) is 0 Å². The summed E-state index contributed by atoms with van der Waals surface area (Å²) < 4.78 is 0. The van der Waals surface area contributed by atoms with Gasteiger partial charge in [0.1, 0.15) is 0 Å². The topological polar surface area (TPSA) is 48.4 Å². The molecule has 0 unspecified atom stereocenters. The van der Waals surface area contributed by atoms with Gasteiger partial charge in [0.15, 0.2) is 0 Å². The first-order valence-corrected chi connectivity index (χ1v) is 9.76. The first-order valence-electron chi connectivity index (χ1n) is 8.95. The summed E-state index contributed by atoms with van der Waals surface area (Å²) in [6, 6.07) is 8.57. The highest BCUT2D eigenvalue weighted by Gasteiger charge is 2.26. The molecule has 0 amide bonds. The maximum atomic E-state index is 9.66. The van der Waals surface area contributed by atoms with Gasteiger partial charge in [-0.3, -0.25) is 4.90 Å². The number of rotatable bonds is 6. The minimum absolute atomic E-state index is 0.110. The summed E-state index contributed by atoms with van der Waals surface area (Å²) in [5.74, 6) is 0.741. The van der Waals surface area contributed by atoms with Gasteiger partial charge in [0.05, 0.1) is 17.7 Å². The number of likely N-dealkylation sites (tertiary alicyclic amines) is 1. The van der Waals surface area contributed by atoms with Crippen molar-refractivity contribution < 1.29 is 5.11 Å². The molecule has 128 valence electrons. The van der Waals surface area contributed by atoms with Crippen LogP contribution in [0.5, 0.6) is 0 Å². The number of benzene rings is 1. The maximum absolute atomic E-state index is 9.66. The Labute approximate surface area is 147 Å². The summed E-state index contributed by atoms with van der Waals surface area (Å²) in [7, 11) is 0. The molecule has 1 aliphatic heterocycles. The standard InChI is InChI=1S/C19H25N3OS/c23-16-7-9-22(10-8-16)13-15-3-1-2-4-18(15)20-11-17-12-21-19(24-17)14-5-6-14/h1-4,12,14,16,20,23H,5-11,13H2. The molecule has 0 bridgehead atoms. The number of nitrogens with zero attached hydrogens (tertiary/aromatic N) is 2. The largest absolute Gasteiger partial charge is 0.393 e. The number of aliphatic hydroxyl groups is 1. The van der Waals surface area contributed by atoms with Gasteiger partial charge in [-0.2, -0.15) is 0 Å². The molecule has 2 N–H and O–H groups in total. The smallest absolute Gasteiger partial charge is 0.0959 e. The highest BCUT2D eigenvalue weighted by Crippen LogP contribution is 2.41. The van der Waals surface area contributed by atoms with E-state index in [1.54, 1.807) is 0 Å². The van der Waals surface area contributed by atoms with Gasteiger partial charge in [0.2, 0.25) is 0 Å². The number of piperidine rings is 1. The van der Waals surface area contributed by atoms with Crippen LogP contribution in [0.3, 0.4) is 0 Å². The monoisotopic (exact) mass is 343 g/mol. The van der Waals surface area contributed by atoms with E-state index in [1.807, 2.05) is 17.5 Å². The van der Waals surface area contributed by atoms with Crippen LogP contribution in [0.2, 0.25) is 0 Å². The molecule has 5 heteroatoms. The predicted octanol–water partition coefficient (Wildman–Crippen LogP) is 3.59. The summed E-state index contributed by atoms with van der Waals surface area (Å²) in [6.45, 7) is 3.76. The van der Waals surface area contributed by atoms with Crippen molar-refractivity contribution in [1.29, 1.82) is 0 Å². The molecular weight excluding hydrogens is 318 g/mol. The average molecular weight is 343 g/mol. The van der Waals surface area contributed by atoms with E-state index in [0.29, 0.717) is 0 Å². The summed E-state index contributed by atoms with van der Waals surface area (Å²) >= 11 is 1.85. The van der Waals surface area contributed by atoms with Gasteiger partial charge in [-0.05, 0) is 37.3 Å². The van der Waals surface area contributed by atoms with Crippen molar-refractivity contribution >= 4 is 17.0 Å². The van der Waals surface area contributed by atoms with Crippen molar-refractivity contribution in [2.45, 2.75) is 50.8 Å². The molecule has 2 aromatic rings. The lowest BCUT2D eigenvalue weighted by molar-refractivity contribution is 0.0793. The van der Waals surface area contributed by atoms with E-state index >= 15 is 0 Å². The van der Waals surface area contributed by atoms with Crippen molar-refractivity contribution in [3.63, 3.8) is 0 Å². The Bertz CT molecular complexity index is 675. The Balaban J connectivity index is 1.37. The lowest BCUT2D eigenvalue weighted by Crippen LogP contribution is -2.35. The fraction of sp³-hybridized carbons (Fsp3) is 0.526. The quantitative estimate of drug-likeness (QED) is 0.841. The van der Waals surface area contributed by atoms with Gasteiger partial charge in [-0.15, -0.1) is 11.3 Å². The third-order valence-electron chi connectivity index (χ3n) is 4.92. The number of aliphatic hydroxyl groups excluding tert-OH is 1. The molecule has 24 heavy (non-hydrogen) atoms. The molecule has 1 saturated heterocycles. The van der Waals surface area contributed by atoms with Crippen molar-refractivity contribution in [2.75, 3.05) is 18.4 Å². The molecule has 4 nitrogen and oxygen atoms in total. The first kappa shape index (κ1) is 16.1. The third kappa shape index (κ3) is 3.97. The molecular formula is C19H25N3OS. The van der Waals surface area contributed by atoms with Gasteiger partial charge < -0.3 is 10.4 Å². The van der Waals surface area contributed by atoms with E-state index in [9.17, 15) is 5.11 Å². The van der Waals surface area contributed by atoms with Crippen LogP contribution in [-0.4, -0.2) is 34.2 Å². The van der Waals surface area contributed by atoms with Crippen molar-refractivity contribution in [2.24, 2.45) is 0 Å². The number of hydrogen-bond donors (Lipinski definition) is 2. The molecule has 1 saturated carbocycles. The van der Waals surface area contributed by atoms with Crippen LogP contribution in [0, 0.1) is 0 Å². The lowest BCUT2D eigenvalue weighted by atomic mass is 10.1. The molecule has 4 rings (SSSR count). The second-order valence-electron chi connectivity index (χ2n) is 6.96. The highest BCUT2D eigenvalue weighted by molar-refractivity contribution is 7.11. The van der Waals surface area contributed by atoms with E-state index < -0.39 is 0 Å². The summed E-state index contributed by atoms with van der Waals surface area (Å²) in [6.07, 6.45) is 6.32. The number of nitrogens with one attached hydrogen (secondary N) is 1. The SMILES string of the molecule is OC1CCN(Cc2ccccc2NCc2cnc(C3CC3)s2)CC1. The van der Waals surface area contributed by atoms with Gasteiger partial charge in [-0.1, -0.05) is 18.2 Å². The molecule has 1 aromatic carbocycles. The maximum Gasteiger partial charge on any atom is 0.0959 e. The van der Waals surface area contributed by atoms with Gasteiger partial charge in [-0.25, -0.2) is 4.98 Å². The first-order chi connectivity index (χ1) is 11.8. The second kappa shape index (κ2) is 7.21. The van der Waals surface area contributed by atoms with Crippen LogP contribution in [-0.2, 0) is 13.1 Å². The minimum atomic E-state index is -0.110. The Morgan fingerprint density at radius 2 is 1.96 bits per heavy atom. The van der Waals surface area contributed by atoms with Crippen LogP contribution >= 0.6 is 11.3 Å². The molecule has 1 aliphatic carbocycles. The molecule has 1 aromatic heterocycles. The number of anilines is 1. The Hall–Kier alpha value is -1.43. The van der Waals surface area contributed by atoms with Gasteiger partial charge in [0, 0.05) is 42.3 Å². The van der Waals surface area contributed by atoms with Crippen LogP contribution in [0.15, 0.2) is 30.5 Å². The summed E-state index contributed by atoms with van der Waals surface area (Å²) in [5, 5.41) is 14.6. The van der Waals surface area contributed by atoms with E-state index in [-0.39, 0.29) is 6.10 Å². The highest BCUT2D eigenvalue weighted by atomic mass is 32.1. The zero-order valence-electron chi connectivity index (χ0n) is 13.9. The molecule has 2 fully saturated rings. The molecule has 0 atom stereocenters. The van der Waals surface area contributed by atoms with Crippen molar-refractivity contribution in [1.82, 2.24) is 9.88 Å². The van der Waals surface area contributed by atoms with Crippen molar-refractivity contribution in [3.05, 3.63) is 45.9 Å². The Morgan fingerprint density at radius 3 is 2.75 bits per heavy atom. The van der Waals surface area contributed by atoms with E-state index in [0.717, 1.165) is 44.9 Å². The number of aromatic nitrogens is 1. The van der Waals surface area contributed by atoms with Crippen LogP contribution < -0.4 is 5.32 Å². The van der Waals surface area contributed by atoms with Crippen LogP contribution in [0.25, 0.3) is 0 Å². The fourth-order valence-electron chi connectivity index (χ4n) is 3.25. The Kier molecular flexibility index (Phi) is 4.83. The molecule has 0 radical (unpaired) electrons. The van der Waals surface area contributed by atoms with Crippen molar-refractivity contribution in [3.8, 4) is 0 Å². The lowest BCUT2D eigenvalue weighted by Gasteiger charge is -2.30. The zero-order valence-corrected chi connectivity index (χ0v) is 14.8. The molecule has 2 heterocycles. The predicted molar refractivity (Wildman–Crippen MR) is 98.4 cm³/mol. The second-order valence-corrected chi connectivity index (χ2v) is 8.10. The summed E-state index contributed by atoms with van der Waals surface area (Å²) in [4.78, 5) is 8.31. The van der Waals surface area contributed by atoms with Gasteiger partial charge >= 0.3 is 0 Å². The van der Waals surface area contributed by atoms with Gasteiger partial charge in [0.25, 0.3) is 0 Å². The zero-order chi connectivity index (χ0) is 16.4. The normalized spacial score (nSPS) is 19.5. The number of hydrogen-bond acceptors (Lipinski definition) is 5. The third-order valence-corrected chi connectivity index (χ3v) is 6.08. The van der Waals surface area contributed by atoms with Crippen LogP contribution in [0.1, 0.15) is 47.0 Å². The van der Waals surface area contributed by atoms with E-state index in [2.05, 4.69) is 39.5 Å². The Morgan fingerprint density at radius 1 is 1.17 bits per heavy atom. The number of para-hydroxylation sites is 1. The van der Waals surface area contributed by atoms with E-state index in [1.165, 1.54) is 34.0 Å². The molecule has 0 spiro atoms. The fourth-order valence-corrected chi connectivity index (χ4v) is 4.28. The molecule has 2 aliphatic rings. The average Bonchev–Trinajstić information content (AvgIpc) is 3.35. The number of thiazole rings is 1. The van der Waals surface area contributed by atoms with Crippen LogP contribution in [0.4, 0.5) is 5.69 Å².